The molecule has 1 N–H and O–H groups in total. The van der Waals surface area contributed by atoms with E-state index >= 15 is 0 Å². The molecule has 7 heteroatoms. The van der Waals surface area contributed by atoms with Gasteiger partial charge in [-0.05, 0) is 19.4 Å². The fourth-order valence-corrected chi connectivity index (χ4v) is 3.00. The van der Waals surface area contributed by atoms with Gasteiger partial charge in [-0.15, -0.1) is 0 Å². The van der Waals surface area contributed by atoms with Crippen LogP contribution >= 0.6 is 0 Å². The van der Waals surface area contributed by atoms with Gasteiger partial charge >= 0.3 is 0 Å². The van der Waals surface area contributed by atoms with Crippen LogP contribution in [0.2, 0.25) is 0 Å². The summed E-state index contributed by atoms with van der Waals surface area (Å²) in [6.07, 6.45) is 0. The van der Waals surface area contributed by atoms with Crippen molar-refractivity contribution in [3.63, 3.8) is 0 Å². The van der Waals surface area contributed by atoms with Crippen LogP contribution in [0, 0.1) is 6.92 Å². The minimum Gasteiger partial charge on any atom is -0.351 e. The smallest absolute Gasteiger partial charge is 0.243 e. The van der Waals surface area contributed by atoms with Crippen molar-refractivity contribution in [1.29, 1.82) is 0 Å². The summed E-state index contributed by atoms with van der Waals surface area (Å²) in [7, 11) is 0. The molecule has 0 radical (unpaired) electrons. The van der Waals surface area contributed by atoms with E-state index in [2.05, 4.69) is 32.2 Å². The summed E-state index contributed by atoms with van der Waals surface area (Å²) < 4.78 is 5.26. The van der Waals surface area contributed by atoms with Crippen LogP contribution in [0.15, 0.2) is 34.9 Å². The van der Waals surface area contributed by atoms with Crippen molar-refractivity contribution in [1.82, 2.24) is 25.3 Å². The summed E-state index contributed by atoms with van der Waals surface area (Å²) >= 11 is 0. The van der Waals surface area contributed by atoms with Gasteiger partial charge in [-0.25, -0.2) is 0 Å². The summed E-state index contributed by atoms with van der Waals surface area (Å²) in [5.74, 6) is 1.39. The number of hydrogen-bond donors (Lipinski definition) is 1. The highest BCUT2D eigenvalue weighted by Crippen LogP contribution is 2.19. The van der Waals surface area contributed by atoms with Crippen LogP contribution in [0.25, 0.3) is 0 Å². The number of amides is 1. The van der Waals surface area contributed by atoms with E-state index < -0.39 is 0 Å². The lowest BCUT2D eigenvalue weighted by atomic mass is 10.2. The summed E-state index contributed by atoms with van der Waals surface area (Å²) in [5, 5.41) is 6.84. The van der Waals surface area contributed by atoms with Crippen molar-refractivity contribution in [2.75, 3.05) is 32.7 Å². The number of aryl methyl sites for hydroxylation is 1. The predicted octanol–water partition coefficient (Wildman–Crippen LogP) is 1.37. The molecule has 2 heterocycles. The van der Waals surface area contributed by atoms with Crippen molar-refractivity contribution < 1.29 is 9.32 Å². The molecule has 1 saturated heterocycles. The molecule has 3 rings (SSSR count). The fourth-order valence-electron chi connectivity index (χ4n) is 3.00. The zero-order chi connectivity index (χ0) is 17.6. The third kappa shape index (κ3) is 4.87. The van der Waals surface area contributed by atoms with Gasteiger partial charge in [0.25, 0.3) is 0 Å². The second kappa shape index (κ2) is 8.22. The van der Waals surface area contributed by atoms with E-state index in [9.17, 15) is 4.79 Å². The van der Waals surface area contributed by atoms with Crippen LogP contribution < -0.4 is 5.32 Å². The van der Waals surface area contributed by atoms with Crippen molar-refractivity contribution in [2.24, 2.45) is 0 Å². The normalized spacial score (nSPS) is 17.4. The number of carbonyl (C=O) groups excluding carboxylic acids is 1. The summed E-state index contributed by atoms with van der Waals surface area (Å²) in [6, 6.07) is 10.1. The lowest BCUT2D eigenvalue weighted by Crippen LogP contribution is -2.49. The van der Waals surface area contributed by atoms with Crippen molar-refractivity contribution in [2.45, 2.75) is 26.4 Å². The molecule has 1 atom stereocenters. The third-order valence-electron chi connectivity index (χ3n) is 4.55. The number of nitrogens with zero attached hydrogens (tertiary/aromatic N) is 4. The molecular weight excluding hydrogens is 318 g/mol. The van der Waals surface area contributed by atoms with E-state index in [1.807, 2.05) is 37.3 Å². The van der Waals surface area contributed by atoms with Gasteiger partial charge in [-0.1, -0.05) is 35.5 Å². The van der Waals surface area contributed by atoms with Gasteiger partial charge in [0.2, 0.25) is 11.8 Å². The Morgan fingerprint density at radius 2 is 1.96 bits per heavy atom. The van der Waals surface area contributed by atoms with Crippen LogP contribution in [0.1, 0.15) is 30.2 Å². The second-order valence-electron chi connectivity index (χ2n) is 6.43. The molecular formula is C18H25N5O2. The second-order valence-corrected chi connectivity index (χ2v) is 6.43. The molecule has 0 unspecified atom stereocenters. The average Bonchev–Trinajstić information content (AvgIpc) is 3.07. The van der Waals surface area contributed by atoms with Crippen molar-refractivity contribution in [3.8, 4) is 0 Å². The molecule has 134 valence electrons. The van der Waals surface area contributed by atoms with Crippen LogP contribution in [-0.2, 0) is 11.3 Å². The van der Waals surface area contributed by atoms with Gasteiger partial charge in [0.1, 0.15) is 0 Å². The number of nitrogens with one attached hydrogen (secondary N) is 1. The van der Waals surface area contributed by atoms with Gasteiger partial charge in [0, 0.05) is 32.7 Å². The topological polar surface area (TPSA) is 74.5 Å². The van der Waals surface area contributed by atoms with Crippen molar-refractivity contribution >= 4 is 5.91 Å². The highest BCUT2D eigenvalue weighted by Gasteiger charge is 2.26. The highest BCUT2D eigenvalue weighted by atomic mass is 16.5. The first-order valence-electron chi connectivity index (χ1n) is 8.69. The lowest BCUT2D eigenvalue weighted by Gasteiger charge is -2.36. The van der Waals surface area contributed by atoms with E-state index in [4.69, 9.17) is 4.52 Å². The Hall–Kier alpha value is -2.25. The van der Waals surface area contributed by atoms with Gasteiger partial charge < -0.3 is 9.84 Å². The Morgan fingerprint density at radius 1 is 1.24 bits per heavy atom. The van der Waals surface area contributed by atoms with Crippen LogP contribution in [0.5, 0.6) is 0 Å². The van der Waals surface area contributed by atoms with E-state index in [1.165, 1.54) is 0 Å². The maximum atomic E-state index is 12.1. The molecule has 1 fully saturated rings. The predicted molar refractivity (Wildman–Crippen MR) is 93.8 cm³/mol. The summed E-state index contributed by atoms with van der Waals surface area (Å²) in [4.78, 5) is 20.9. The standard InChI is InChI=1S/C18H25N5O2/c1-14(18-20-15(2)21-25-18)23-10-8-22(9-11-23)13-17(24)19-12-16-6-4-3-5-7-16/h3-7,14H,8-13H2,1-2H3,(H,19,24)/t14-/m0/s1. The molecule has 1 amide bonds. The molecule has 0 aliphatic carbocycles. The molecule has 25 heavy (non-hydrogen) atoms. The van der Waals surface area contributed by atoms with E-state index in [-0.39, 0.29) is 11.9 Å². The average molecular weight is 343 g/mol. The molecule has 1 aliphatic rings. The number of benzene rings is 1. The number of piperazine rings is 1. The molecule has 0 spiro atoms. The first-order valence-corrected chi connectivity index (χ1v) is 8.69. The number of carbonyl (C=O) groups is 1. The van der Waals surface area contributed by atoms with Crippen LogP contribution in [0.3, 0.4) is 0 Å². The van der Waals surface area contributed by atoms with E-state index in [0.717, 1.165) is 31.7 Å². The molecule has 0 saturated carbocycles. The zero-order valence-electron chi connectivity index (χ0n) is 14.8. The quantitative estimate of drug-likeness (QED) is 0.854. The first-order chi connectivity index (χ1) is 12.1. The zero-order valence-corrected chi connectivity index (χ0v) is 14.8. The Morgan fingerprint density at radius 3 is 2.60 bits per heavy atom. The fraction of sp³-hybridized carbons (Fsp3) is 0.500. The Kier molecular flexibility index (Phi) is 5.78. The molecule has 0 bridgehead atoms. The first kappa shape index (κ1) is 17.6. The molecule has 1 aromatic heterocycles. The van der Waals surface area contributed by atoms with Gasteiger partial charge in [-0.3, -0.25) is 14.6 Å². The van der Waals surface area contributed by atoms with Crippen LogP contribution in [0.4, 0.5) is 0 Å². The Labute approximate surface area is 148 Å². The third-order valence-corrected chi connectivity index (χ3v) is 4.55. The van der Waals surface area contributed by atoms with Gasteiger partial charge in [-0.2, -0.15) is 4.98 Å². The largest absolute Gasteiger partial charge is 0.351 e. The lowest BCUT2D eigenvalue weighted by molar-refractivity contribution is -0.122. The van der Waals surface area contributed by atoms with Crippen LogP contribution in [-0.4, -0.2) is 58.6 Å². The van der Waals surface area contributed by atoms with E-state index in [1.54, 1.807) is 0 Å². The number of aromatic nitrogens is 2. The molecule has 2 aromatic rings. The van der Waals surface area contributed by atoms with Gasteiger partial charge in [0.05, 0.1) is 12.6 Å². The Bertz CT molecular complexity index is 680. The number of rotatable bonds is 6. The maximum Gasteiger partial charge on any atom is 0.243 e. The van der Waals surface area contributed by atoms with Crippen molar-refractivity contribution in [3.05, 3.63) is 47.6 Å². The Balaban J connectivity index is 1.40. The maximum absolute atomic E-state index is 12.1. The molecule has 7 nitrogen and oxygen atoms in total. The summed E-state index contributed by atoms with van der Waals surface area (Å²) in [6.45, 7) is 8.40. The van der Waals surface area contributed by atoms with Gasteiger partial charge in [0.15, 0.2) is 5.82 Å². The SMILES string of the molecule is Cc1noc([C@H](C)N2CCN(CC(=O)NCc3ccccc3)CC2)n1. The molecule has 1 aromatic carbocycles. The minimum absolute atomic E-state index is 0.0675. The highest BCUT2D eigenvalue weighted by molar-refractivity contribution is 5.78. The van der Waals surface area contributed by atoms with E-state index in [0.29, 0.717) is 24.8 Å². The summed E-state index contributed by atoms with van der Waals surface area (Å²) in [5.41, 5.74) is 1.12. The minimum atomic E-state index is 0.0675. The number of hydrogen-bond acceptors (Lipinski definition) is 6. The molecule has 1 aliphatic heterocycles. The monoisotopic (exact) mass is 343 g/mol.